The first-order valence-electron chi connectivity index (χ1n) is 11.0. The average molecular weight is 413 g/mol. The van der Waals surface area contributed by atoms with Crippen LogP contribution in [0, 0.1) is 5.92 Å². The van der Waals surface area contributed by atoms with E-state index in [1.165, 1.54) is 32.1 Å². The molecule has 3 fully saturated rings. The topological polar surface area (TPSA) is 92.6 Å². The van der Waals surface area contributed by atoms with Crippen molar-refractivity contribution in [2.45, 2.75) is 56.4 Å². The lowest BCUT2D eigenvalue weighted by molar-refractivity contribution is 0.0620. The van der Waals surface area contributed by atoms with E-state index < -0.39 is 0 Å². The summed E-state index contributed by atoms with van der Waals surface area (Å²) < 4.78 is 25.1. The summed E-state index contributed by atoms with van der Waals surface area (Å²) in [4.78, 5) is 0. The van der Waals surface area contributed by atoms with Crippen LogP contribution in [0.2, 0.25) is 0 Å². The minimum absolute atomic E-state index is 0.0346. The first-order valence-corrected chi connectivity index (χ1v) is 11.0. The summed E-state index contributed by atoms with van der Waals surface area (Å²) in [7, 11) is 0. The number of nitrogens with zero attached hydrogens (tertiary/aromatic N) is 4. The SMILES string of the molecule is c1cc2c(cc1-c1nnnn1[C@H]1CO[C@H]3[C@@H]1OC[C@@H]3NCC1CCCCC1)OCO2. The van der Waals surface area contributed by atoms with Gasteiger partial charge in [0.05, 0.1) is 19.3 Å². The molecule has 2 saturated heterocycles. The molecule has 0 amide bonds. The van der Waals surface area contributed by atoms with Crippen LogP contribution in [0.3, 0.4) is 0 Å². The second-order valence-corrected chi connectivity index (χ2v) is 8.70. The number of ether oxygens (including phenoxy) is 4. The van der Waals surface area contributed by atoms with Crippen LogP contribution in [0.4, 0.5) is 0 Å². The fourth-order valence-electron chi connectivity index (χ4n) is 5.22. The molecule has 30 heavy (non-hydrogen) atoms. The van der Waals surface area contributed by atoms with Crippen LogP contribution in [-0.4, -0.2) is 65.0 Å². The third kappa shape index (κ3) is 3.25. The second-order valence-electron chi connectivity index (χ2n) is 8.70. The Hall–Kier alpha value is -2.23. The highest BCUT2D eigenvalue weighted by Crippen LogP contribution is 2.38. The Balaban J connectivity index is 1.16. The van der Waals surface area contributed by atoms with Gasteiger partial charge < -0.3 is 24.3 Å². The molecule has 1 aliphatic carbocycles. The van der Waals surface area contributed by atoms with E-state index in [0.29, 0.717) is 24.8 Å². The van der Waals surface area contributed by atoms with E-state index in [2.05, 4.69) is 20.8 Å². The Morgan fingerprint density at radius 2 is 1.87 bits per heavy atom. The smallest absolute Gasteiger partial charge is 0.231 e. The molecule has 1 aromatic heterocycles. The van der Waals surface area contributed by atoms with E-state index in [0.717, 1.165) is 23.8 Å². The summed E-state index contributed by atoms with van der Waals surface area (Å²) in [5, 5.41) is 16.2. The quantitative estimate of drug-likeness (QED) is 0.795. The third-order valence-corrected chi connectivity index (χ3v) is 6.86. The van der Waals surface area contributed by atoms with E-state index >= 15 is 0 Å². The minimum atomic E-state index is -0.0508. The maximum atomic E-state index is 6.18. The van der Waals surface area contributed by atoms with Gasteiger partial charge in [-0.3, -0.25) is 0 Å². The van der Waals surface area contributed by atoms with Crippen LogP contribution in [0.5, 0.6) is 11.5 Å². The molecular formula is C21H27N5O4. The highest BCUT2D eigenvalue weighted by Gasteiger charge is 2.49. The first-order chi connectivity index (χ1) is 14.9. The number of tetrazole rings is 1. The summed E-state index contributed by atoms with van der Waals surface area (Å²) in [5.74, 6) is 2.93. The van der Waals surface area contributed by atoms with Crippen LogP contribution < -0.4 is 14.8 Å². The summed E-state index contributed by atoms with van der Waals surface area (Å²) in [6.07, 6.45) is 6.76. The van der Waals surface area contributed by atoms with Crippen molar-refractivity contribution in [1.29, 1.82) is 0 Å². The summed E-state index contributed by atoms with van der Waals surface area (Å²) in [6, 6.07) is 5.94. The molecule has 4 atom stereocenters. The van der Waals surface area contributed by atoms with Gasteiger partial charge >= 0.3 is 0 Å². The molecule has 1 aromatic carbocycles. The van der Waals surface area contributed by atoms with E-state index in [1.54, 1.807) is 0 Å². The van der Waals surface area contributed by atoms with Gasteiger partial charge in [-0.25, -0.2) is 4.68 Å². The summed E-state index contributed by atoms with van der Waals surface area (Å²) in [6.45, 7) is 2.51. The monoisotopic (exact) mass is 413 g/mol. The molecule has 0 radical (unpaired) electrons. The van der Waals surface area contributed by atoms with Crippen molar-refractivity contribution in [2.75, 3.05) is 26.6 Å². The Bertz CT molecular complexity index is 899. The summed E-state index contributed by atoms with van der Waals surface area (Å²) in [5.41, 5.74) is 0.887. The highest BCUT2D eigenvalue weighted by molar-refractivity contribution is 5.61. The van der Waals surface area contributed by atoms with E-state index in [9.17, 15) is 0 Å². The zero-order chi connectivity index (χ0) is 19.9. The lowest BCUT2D eigenvalue weighted by Gasteiger charge is -2.25. The van der Waals surface area contributed by atoms with Crippen LogP contribution in [0.25, 0.3) is 11.4 Å². The normalized spacial score (nSPS) is 30.7. The van der Waals surface area contributed by atoms with Crippen LogP contribution in [0.1, 0.15) is 38.1 Å². The fourth-order valence-corrected chi connectivity index (χ4v) is 5.22. The molecule has 1 saturated carbocycles. The zero-order valence-corrected chi connectivity index (χ0v) is 16.9. The molecule has 1 N–H and O–H groups in total. The lowest BCUT2D eigenvalue weighted by atomic mass is 9.89. The van der Waals surface area contributed by atoms with Crippen molar-refractivity contribution in [3.05, 3.63) is 18.2 Å². The Kier molecular flexibility index (Phi) is 4.81. The maximum Gasteiger partial charge on any atom is 0.231 e. The molecule has 2 aromatic rings. The number of hydrogen-bond donors (Lipinski definition) is 1. The molecule has 9 heteroatoms. The average Bonchev–Trinajstić information content (AvgIpc) is 3.56. The zero-order valence-electron chi connectivity index (χ0n) is 16.9. The number of benzene rings is 1. The van der Waals surface area contributed by atoms with Crippen molar-refractivity contribution in [1.82, 2.24) is 25.5 Å². The van der Waals surface area contributed by atoms with Gasteiger partial charge in [0, 0.05) is 5.56 Å². The summed E-state index contributed by atoms with van der Waals surface area (Å²) >= 11 is 0. The molecule has 160 valence electrons. The molecule has 9 nitrogen and oxygen atoms in total. The van der Waals surface area contributed by atoms with Gasteiger partial charge in [-0.1, -0.05) is 19.3 Å². The predicted octanol–water partition coefficient (Wildman–Crippen LogP) is 1.95. The van der Waals surface area contributed by atoms with Crippen molar-refractivity contribution in [3.63, 3.8) is 0 Å². The van der Waals surface area contributed by atoms with E-state index in [-0.39, 0.29) is 31.1 Å². The number of hydrogen-bond acceptors (Lipinski definition) is 8. The highest BCUT2D eigenvalue weighted by atomic mass is 16.7. The lowest BCUT2D eigenvalue weighted by Crippen LogP contribution is -2.43. The maximum absolute atomic E-state index is 6.18. The number of aromatic nitrogens is 4. The van der Waals surface area contributed by atoms with Gasteiger partial charge in [-0.2, -0.15) is 0 Å². The Morgan fingerprint density at radius 1 is 1.00 bits per heavy atom. The molecule has 4 heterocycles. The van der Waals surface area contributed by atoms with Crippen LogP contribution in [-0.2, 0) is 9.47 Å². The largest absolute Gasteiger partial charge is 0.454 e. The second kappa shape index (κ2) is 7.79. The Labute approximate surface area is 175 Å². The van der Waals surface area contributed by atoms with E-state index in [4.69, 9.17) is 18.9 Å². The van der Waals surface area contributed by atoms with Gasteiger partial charge in [0.25, 0.3) is 0 Å². The van der Waals surface area contributed by atoms with Gasteiger partial charge in [-0.15, -0.1) is 5.10 Å². The van der Waals surface area contributed by atoms with E-state index in [1.807, 2.05) is 22.9 Å². The molecular weight excluding hydrogens is 386 g/mol. The molecule has 0 bridgehead atoms. The fraction of sp³-hybridized carbons (Fsp3) is 0.667. The third-order valence-electron chi connectivity index (χ3n) is 6.86. The molecule has 6 rings (SSSR count). The van der Waals surface area contributed by atoms with Crippen molar-refractivity contribution >= 4 is 0 Å². The van der Waals surface area contributed by atoms with Crippen LogP contribution in [0.15, 0.2) is 18.2 Å². The standard InChI is InChI=1S/C21H27N5O4/c1-2-4-13(5-3-1)9-22-15-10-27-20-16(11-28-19(15)20)26-21(23-24-25-26)14-6-7-17-18(8-14)30-12-29-17/h6-8,13,15-16,19-20,22H,1-5,9-12H2/t15-,16-,19+,20+/m0/s1. The first kappa shape index (κ1) is 18.5. The van der Waals surface area contributed by atoms with Gasteiger partial charge in [0.15, 0.2) is 17.3 Å². The van der Waals surface area contributed by atoms with Gasteiger partial charge in [-0.05, 0) is 53.9 Å². The number of fused-ring (bicyclic) bond motifs is 2. The molecule has 3 aliphatic heterocycles. The molecule has 0 unspecified atom stereocenters. The van der Waals surface area contributed by atoms with Crippen molar-refractivity contribution < 1.29 is 18.9 Å². The van der Waals surface area contributed by atoms with Gasteiger partial charge in [0.2, 0.25) is 6.79 Å². The van der Waals surface area contributed by atoms with Crippen molar-refractivity contribution in [2.24, 2.45) is 5.92 Å². The number of nitrogens with one attached hydrogen (secondary N) is 1. The molecule has 0 spiro atoms. The predicted molar refractivity (Wildman–Crippen MR) is 106 cm³/mol. The Morgan fingerprint density at radius 3 is 2.80 bits per heavy atom. The van der Waals surface area contributed by atoms with Gasteiger partial charge in [0.1, 0.15) is 18.2 Å². The number of rotatable bonds is 5. The van der Waals surface area contributed by atoms with Crippen LogP contribution >= 0.6 is 0 Å². The molecule has 4 aliphatic rings. The van der Waals surface area contributed by atoms with Crippen molar-refractivity contribution in [3.8, 4) is 22.9 Å². The minimum Gasteiger partial charge on any atom is -0.454 e.